The van der Waals surface area contributed by atoms with E-state index in [9.17, 15) is 9.90 Å². The summed E-state index contributed by atoms with van der Waals surface area (Å²) in [5.74, 6) is -0.191. The quantitative estimate of drug-likeness (QED) is 0.628. The Hall–Kier alpha value is -0.853. The van der Waals surface area contributed by atoms with Gasteiger partial charge in [-0.05, 0) is 36.9 Å². The maximum atomic E-state index is 12.0. The molecule has 1 fully saturated rings. The third kappa shape index (κ3) is 3.49. The van der Waals surface area contributed by atoms with E-state index in [0.29, 0.717) is 5.57 Å². The molecule has 0 aromatic carbocycles. The second-order valence-corrected chi connectivity index (χ2v) is 12.9. The van der Waals surface area contributed by atoms with Crippen molar-refractivity contribution in [3.8, 4) is 0 Å². The zero-order valence-corrected chi connectivity index (χ0v) is 16.1. The number of esters is 1. The van der Waals surface area contributed by atoms with E-state index in [-0.39, 0.29) is 35.4 Å². The van der Waals surface area contributed by atoms with Crippen LogP contribution in [0, 0.1) is 17.8 Å². The van der Waals surface area contributed by atoms with E-state index >= 15 is 0 Å². The number of fused-ring (bicyclic) bond motifs is 1. The van der Waals surface area contributed by atoms with Gasteiger partial charge in [-0.25, -0.2) is 4.79 Å². The summed E-state index contributed by atoms with van der Waals surface area (Å²) in [6.45, 7) is 11.0. The summed E-state index contributed by atoms with van der Waals surface area (Å²) < 4.78 is 17.2. The number of methoxy groups -OCH3 is 1. The van der Waals surface area contributed by atoms with E-state index in [2.05, 4.69) is 33.9 Å². The smallest absolute Gasteiger partial charge is 0.337 e. The number of rotatable bonds is 4. The molecule has 1 heterocycles. The Morgan fingerprint density at radius 2 is 2.04 bits per heavy atom. The van der Waals surface area contributed by atoms with Crippen LogP contribution in [0.5, 0.6) is 0 Å². The molecular weight excluding hydrogens is 312 g/mol. The zero-order chi connectivity index (χ0) is 17.4. The molecule has 2 rings (SSSR count). The van der Waals surface area contributed by atoms with Crippen LogP contribution in [-0.2, 0) is 18.7 Å². The Morgan fingerprint density at radius 3 is 2.57 bits per heavy atom. The summed E-state index contributed by atoms with van der Waals surface area (Å²) >= 11 is 0. The van der Waals surface area contributed by atoms with E-state index in [1.165, 1.54) is 13.4 Å². The lowest BCUT2D eigenvalue weighted by Gasteiger charge is -2.43. The van der Waals surface area contributed by atoms with Gasteiger partial charge in [0.2, 0.25) is 0 Å². The number of ether oxygens (including phenoxy) is 2. The topological polar surface area (TPSA) is 65.0 Å². The molecule has 0 aromatic heterocycles. The van der Waals surface area contributed by atoms with Crippen LogP contribution in [0.25, 0.3) is 0 Å². The van der Waals surface area contributed by atoms with Crippen LogP contribution in [0.15, 0.2) is 11.8 Å². The molecule has 0 radical (unpaired) electrons. The van der Waals surface area contributed by atoms with Crippen molar-refractivity contribution in [3.05, 3.63) is 11.8 Å². The van der Waals surface area contributed by atoms with E-state index in [1.54, 1.807) is 0 Å². The van der Waals surface area contributed by atoms with Gasteiger partial charge in [-0.3, -0.25) is 0 Å². The van der Waals surface area contributed by atoms with Crippen LogP contribution < -0.4 is 0 Å². The van der Waals surface area contributed by atoms with Gasteiger partial charge in [-0.2, -0.15) is 0 Å². The van der Waals surface area contributed by atoms with Gasteiger partial charge in [0.05, 0.1) is 18.9 Å². The molecular formula is C17H30O5Si. The van der Waals surface area contributed by atoms with Crippen molar-refractivity contribution in [2.75, 3.05) is 13.7 Å². The van der Waals surface area contributed by atoms with E-state index < -0.39 is 14.6 Å². The maximum Gasteiger partial charge on any atom is 0.337 e. The molecule has 0 bridgehead atoms. The Labute approximate surface area is 140 Å². The molecule has 2 aliphatic rings. The Bertz CT molecular complexity index is 480. The number of carbonyl (C=O) groups excluding carboxylic acids is 1. The molecule has 0 spiro atoms. The number of hydrogen-bond donors (Lipinski definition) is 1. The minimum Gasteiger partial charge on any atom is -0.473 e. The lowest BCUT2D eigenvalue weighted by Crippen LogP contribution is -2.49. The first-order valence-electron chi connectivity index (χ1n) is 8.35. The van der Waals surface area contributed by atoms with Crippen LogP contribution in [-0.4, -0.2) is 39.4 Å². The lowest BCUT2D eigenvalue weighted by molar-refractivity contribution is -0.143. The monoisotopic (exact) mass is 342 g/mol. The van der Waals surface area contributed by atoms with E-state index in [1.807, 2.05) is 0 Å². The molecule has 1 saturated carbocycles. The molecule has 0 unspecified atom stereocenters. The maximum absolute atomic E-state index is 12.0. The summed E-state index contributed by atoms with van der Waals surface area (Å²) in [4.78, 5) is 12.0. The van der Waals surface area contributed by atoms with Gasteiger partial charge in [0.25, 0.3) is 0 Å². The molecule has 0 aromatic rings. The molecule has 1 aliphatic heterocycles. The number of hydrogen-bond acceptors (Lipinski definition) is 5. The molecule has 6 heteroatoms. The highest BCUT2D eigenvalue weighted by atomic mass is 28.4. The van der Waals surface area contributed by atoms with E-state index in [0.717, 1.165) is 12.8 Å². The third-order valence-electron chi connectivity index (χ3n) is 5.77. The van der Waals surface area contributed by atoms with Gasteiger partial charge in [-0.1, -0.05) is 20.8 Å². The predicted octanol–water partition coefficient (Wildman–Crippen LogP) is 3.06. The van der Waals surface area contributed by atoms with Crippen molar-refractivity contribution in [2.45, 2.75) is 58.0 Å². The molecule has 23 heavy (non-hydrogen) atoms. The molecule has 0 saturated heterocycles. The van der Waals surface area contributed by atoms with Crippen LogP contribution in [0.3, 0.4) is 0 Å². The fourth-order valence-electron chi connectivity index (χ4n) is 3.30. The SMILES string of the molecule is COC(=O)C1=CO[C@@H](O[Si](C)(C)C(C)(C)C)[C@@H]2[C@H](CO)CC[C@H]12. The standard InChI is InChI=1S/C17H30O5Si/c1-17(2,3)23(5,6)22-16-14-11(9-18)7-8-12(14)13(10-21-16)15(19)20-4/h10-12,14,16,18H,7-9H2,1-6H3/t11-,12+,14+,16-/m0/s1. The van der Waals surface area contributed by atoms with E-state index in [4.69, 9.17) is 13.9 Å². The Morgan fingerprint density at radius 1 is 1.39 bits per heavy atom. The third-order valence-corrected chi connectivity index (χ3v) is 10.2. The summed E-state index contributed by atoms with van der Waals surface area (Å²) in [6, 6.07) is 0. The van der Waals surface area contributed by atoms with Gasteiger partial charge < -0.3 is 19.0 Å². The average Bonchev–Trinajstić information content (AvgIpc) is 2.89. The van der Waals surface area contributed by atoms with Gasteiger partial charge in [0.15, 0.2) is 14.6 Å². The first kappa shape index (κ1) is 18.5. The minimum atomic E-state index is -2.00. The Balaban J connectivity index is 2.27. The van der Waals surface area contributed by atoms with Crippen molar-refractivity contribution in [1.82, 2.24) is 0 Å². The number of aliphatic hydroxyl groups excluding tert-OH is 1. The summed E-state index contributed by atoms with van der Waals surface area (Å²) in [5, 5.41) is 9.80. The fourth-order valence-corrected chi connectivity index (χ4v) is 4.45. The highest BCUT2D eigenvalue weighted by Gasteiger charge is 2.51. The Kier molecular flexibility index (Phi) is 5.28. The molecule has 132 valence electrons. The fraction of sp³-hybridized carbons (Fsp3) is 0.824. The van der Waals surface area contributed by atoms with Crippen molar-refractivity contribution in [1.29, 1.82) is 0 Å². The first-order chi connectivity index (χ1) is 10.6. The first-order valence-corrected chi connectivity index (χ1v) is 11.3. The van der Waals surface area contributed by atoms with Gasteiger partial charge >= 0.3 is 5.97 Å². The second-order valence-electron chi connectivity index (χ2n) is 8.15. The van der Waals surface area contributed by atoms with Crippen LogP contribution in [0.2, 0.25) is 18.1 Å². The lowest BCUT2D eigenvalue weighted by atomic mass is 9.83. The largest absolute Gasteiger partial charge is 0.473 e. The second kappa shape index (κ2) is 6.57. The average molecular weight is 343 g/mol. The molecule has 1 aliphatic carbocycles. The van der Waals surface area contributed by atoms with Crippen molar-refractivity contribution < 1.29 is 23.8 Å². The molecule has 5 nitrogen and oxygen atoms in total. The van der Waals surface area contributed by atoms with Crippen LogP contribution >= 0.6 is 0 Å². The number of carbonyl (C=O) groups is 1. The predicted molar refractivity (Wildman–Crippen MR) is 90.0 cm³/mol. The molecule has 0 amide bonds. The summed E-state index contributed by atoms with van der Waals surface area (Å²) in [5.41, 5.74) is 0.573. The normalized spacial score (nSPS) is 31.2. The summed E-state index contributed by atoms with van der Waals surface area (Å²) in [7, 11) is -0.620. The van der Waals surface area contributed by atoms with Crippen LogP contribution in [0.1, 0.15) is 33.6 Å². The van der Waals surface area contributed by atoms with Gasteiger partial charge in [0.1, 0.15) is 0 Å². The molecule has 4 atom stereocenters. The summed E-state index contributed by atoms with van der Waals surface area (Å²) in [6.07, 6.45) is 2.86. The highest BCUT2D eigenvalue weighted by Crippen LogP contribution is 2.49. The van der Waals surface area contributed by atoms with Gasteiger partial charge in [-0.15, -0.1) is 0 Å². The van der Waals surface area contributed by atoms with Gasteiger partial charge in [0, 0.05) is 18.4 Å². The van der Waals surface area contributed by atoms with Crippen molar-refractivity contribution in [2.24, 2.45) is 17.8 Å². The molecule has 1 N–H and O–H groups in total. The highest BCUT2D eigenvalue weighted by molar-refractivity contribution is 6.74. The minimum absolute atomic E-state index is 0.00762. The number of aliphatic hydroxyl groups is 1. The van der Waals surface area contributed by atoms with Crippen molar-refractivity contribution in [3.63, 3.8) is 0 Å². The van der Waals surface area contributed by atoms with Crippen molar-refractivity contribution >= 4 is 14.3 Å². The zero-order valence-electron chi connectivity index (χ0n) is 15.1. The van der Waals surface area contributed by atoms with Crippen LogP contribution in [0.4, 0.5) is 0 Å².